The van der Waals surface area contributed by atoms with Crippen LogP contribution in [-0.2, 0) is 17.4 Å². The summed E-state index contributed by atoms with van der Waals surface area (Å²) in [5.74, 6) is -0.149. The van der Waals surface area contributed by atoms with Crippen molar-refractivity contribution in [1.29, 1.82) is 5.26 Å². The van der Waals surface area contributed by atoms with E-state index < -0.39 is 11.0 Å². The van der Waals surface area contributed by atoms with Gasteiger partial charge in [0.1, 0.15) is 5.82 Å². The molecule has 204 valence electrons. The predicted molar refractivity (Wildman–Crippen MR) is 149 cm³/mol. The summed E-state index contributed by atoms with van der Waals surface area (Å²) in [6.45, 7) is 3.68. The average molecular weight is 538 g/mol. The number of nitrogens with one attached hydrogen (secondary N) is 1. The smallest absolute Gasteiger partial charge is 0.251 e. The van der Waals surface area contributed by atoms with Crippen LogP contribution in [0, 0.1) is 17.1 Å². The molecule has 1 fully saturated rings. The normalized spacial score (nSPS) is 16.6. The Kier molecular flexibility index (Phi) is 7.51. The van der Waals surface area contributed by atoms with Gasteiger partial charge in [0.15, 0.2) is 0 Å². The van der Waals surface area contributed by atoms with Crippen molar-refractivity contribution in [3.05, 3.63) is 107 Å². The maximum atomic E-state index is 13.5. The number of amides is 1. The summed E-state index contributed by atoms with van der Waals surface area (Å²) in [4.78, 5) is 13.5. The third-order valence-corrected chi connectivity index (χ3v) is 7.71. The van der Waals surface area contributed by atoms with E-state index in [-0.39, 0.29) is 29.5 Å². The van der Waals surface area contributed by atoms with E-state index in [1.54, 1.807) is 24.3 Å². The number of carbonyl (C=O) groups is 1. The minimum Gasteiger partial charge on any atom is -0.419 e. The van der Waals surface area contributed by atoms with E-state index in [9.17, 15) is 14.4 Å². The molecule has 1 aliphatic rings. The average Bonchev–Trinajstić information content (AvgIpc) is 3.65. The number of carbonyl (C=O) groups excluding carboxylic acids is 1. The molecule has 40 heavy (non-hydrogen) atoms. The number of nitrogens with zero attached hydrogens (tertiary/aromatic N) is 3. The highest BCUT2D eigenvalue weighted by atomic mass is 19.1. The fraction of sp³-hybridized carbons (Fsp3) is 0.312. The third-order valence-electron chi connectivity index (χ3n) is 7.71. The summed E-state index contributed by atoms with van der Waals surface area (Å²) < 4.78 is 19.5. The Morgan fingerprint density at radius 2 is 1.82 bits per heavy atom. The van der Waals surface area contributed by atoms with Gasteiger partial charge >= 0.3 is 0 Å². The van der Waals surface area contributed by atoms with Gasteiger partial charge in [-0.15, -0.1) is 10.2 Å². The highest BCUT2D eigenvalue weighted by Crippen LogP contribution is 2.42. The molecule has 0 radical (unpaired) electrons. The van der Waals surface area contributed by atoms with Crippen LogP contribution in [0.3, 0.4) is 0 Å². The van der Waals surface area contributed by atoms with Gasteiger partial charge in [0, 0.05) is 11.1 Å². The van der Waals surface area contributed by atoms with Gasteiger partial charge in [0.2, 0.25) is 11.8 Å². The fourth-order valence-electron chi connectivity index (χ4n) is 5.38. The molecular weight excluding hydrogens is 505 g/mol. The van der Waals surface area contributed by atoms with Gasteiger partial charge in [-0.05, 0) is 80.1 Å². The summed E-state index contributed by atoms with van der Waals surface area (Å²) in [5.41, 5.74) is 8.51. The third kappa shape index (κ3) is 5.65. The van der Waals surface area contributed by atoms with Gasteiger partial charge < -0.3 is 15.5 Å². The second-order valence-electron chi connectivity index (χ2n) is 10.9. The molecule has 1 heterocycles. The van der Waals surface area contributed by atoms with Crippen LogP contribution in [0.1, 0.15) is 78.5 Å². The van der Waals surface area contributed by atoms with Gasteiger partial charge in [0.25, 0.3) is 5.91 Å². The molecule has 0 aliphatic heterocycles. The molecule has 4 aromatic rings. The molecule has 1 amide bonds. The molecule has 2 unspecified atom stereocenters. The fourth-order valence-corrected chi connectivity index (χ4v) is 5.38. The second kappa shape index (κ2) is 11.0. The topological polar surface area (TPSA) is 118 Å². The Hall–Kier alpha value is -4.35. The highest BCUT2D eigenvalue weighted by Gasteiger charge is 2.37. The summed E-state index contributed by atoms with van der Waals surface area (Å²) >= 11 is 0. The van der Waals surface area contributed by atoms with Crippen molar-refractivity contribution < 1.29 is 13.6 Å². The number of aromatic nitrogens is 2. The van der Waals surface area contributed by atoms with Gasteiger partial charge in [-0.1, -0.05) is 55.3 Å². The molecule has 1 aromatic heterocycles. The molecule has 3 N–H and O–H groups in total. The Bertz CT molecular complexity index is 1530. The van der Waals surface area contributed by atoms with Crippen molar-refractivity contribution in [1.82, 2.24) is 15.5 Å². The summed E-state index contributed by atoms with van der Waals surface area (Å²) in [6.07, 6.45) is 3.81. The summed E-state index contributed by atoms with van der Waals surface area (Å²) in [5, 5.41) is 21.7. The quantitative estimate of drug-likeness (QED) is 0.280. The molecule has 0 saturated heterocycles. The van der Waals surface area contributed by atoms with Gasteiger partial charge in [0.05, 0.1) is 23.1 Å². The summed E-state index contributed by atoms with van der Waals surface area (Å²) in [7, 11) is 0. The first kappa shape index (κ1) is 27.2. The molecule has 2 atom stereocenters. The van der Waals surface area contributed by atoms with Gasteiger partial charge in [-0.2, -0.15) is 5.26 Å². The monoisotopic (exact) mass is 537 g/mol. The Morgan fingerprint density at radius 1 is 1.12 bits per heavy atom. The minimum atomic E-state index is -0.908. The lowest BCUT2D eigenvalue weighted by Gasteiger charge is -2.23. The lowest BCUT2D eigenvalue weighted by Crippen LogP contribution is -2.35. The van der Waals surface area contributed by atoms with Crippen LogP contribution in [0.4, 0.5) is 4.39 Å². The van der Waals surface area contributed by atoms with Crippen LogP contribution >= 0.6 is 0 Å². The molecule has 1 saturated carbocycles. The van der Waals surface area contributed by atoms with Crippen LogP contribution in [0.25, 0.3) is 11.5 Å². The number of hydrogen-bond donors (Lipinski definition) is 2. The zero-order chi connectivity index (χ0) is 28.3. The SMILES string of the molecule is CC(NC(=O)c1cc(-c2nnc(C(C)(N)Cc3ccccc3)o2)cc(C2(C#N)CCCC2)c1)c1ccc(F)cc1. The Balaban J connectivity index is 1.48. The predicted octanol–water partition coefficient (Wildman–Crippen LogP) is 6.12. The number of rotatable bonds is 8. The molecule has 0 bridgehead atoms. The van der Waals surface area contributed by atoms with E-state index in [4.69, 9.17) is 10.2 Å². The number of nitriles is 1. The van der Waals surface area contributed by atoms with Crippen molar-refractivity contribution in [2.75, 3.05) is 0 Å². The Labute approximate surface area is 233 Å². The van der Waals surface area contributed by atoms with E-state index in [0.29, 0.717) is 30.4 Å². The lowest BCUT2D eigenvalue weighted by molar-refractivity contribution is 0.0939. The molecule has 5 rings (SSSR count). The molecular formula is C32H32FN5O2. The zero-order valence-corrected chi connectivity index (χ0v) is 22.7. The lowest BCUT2D eigenvalue weighted by atomic mass is 9.79. The van der Waals surface area contributed by atoms with Crippen molar-refractivity contribution in [2.45, 2.75) is 62.9 Å². The molecule has 8 heteroatoms. The van der Waals surface area contributed by atoms with Crippen LogP contribution in [0.5, 0.6) is 0 Å². The van der Waals surface area contributed by atoms with Crippen molar-refractivity contribution >= 4 is 5.91 Å². The summed E-state index contributed by atoms with van der Waals surface area (Å²) in [6, 6.07) is 23.4. The first-order valence-electron chi connectivity index (χ1n) is 13.5. The van der Waals surface area contributed by atoms with Crippen molar-refractivity contribution in [3.63, 3.8) is 0 Å². The van der Waals surface area contributed by atoms with E-state index in [2.05, 4.69) is 21.6 Å². The number of hydrogen-bond acceptors (Lipinski definition) is 6. The van der Waals surface area contributed by atoms with Gasteiger partial charge in [-0.25, -0.2) is 4.39 Å². The van der Waals surface area contributed by atoms with E-state index in [0.717, 1.165) is 29.5 Å². The van der Waals surface area contributed by atoms with Crippen molar-refractivity contribution in [3.8, 4) is 17.5 Å². The number of nitrogens with two attached hydrogens (primary N) is 1. The van der Waals surface area contributed by atoms with Crippen LogP contribution < -0.4 is 11.1 Å². The molecule has 0 spiro atoms. The first-order chi connectivity index (χ1) is 19.2. The largest absolute Gasteiger partial charge is 0.419 e. The van der Waals surface area contributed by atoms with E-state index >= 15 is 0 Å². The standard InChI is InChI=1S/C32H32FN5O2/c1-21(23-10-12-27(33)13-11-23)36-28(39)24-16-25(18-26(17-24)32(20-34)14-6-7-15-32)29-37-38-30(40-29)31(2,35)19-22-8-4-3-5-9-22/h3-5,8-13,16-18,21H,6-7,14-15,19,35H2,1-2H3,(H,36,39). The van der Waals surface area contributed by atoms with Crippen LogP contribution in [-0.4, -0.2) is 16.1 Å². The van der Waals surface area contributed by atoms with E-state index in [1.165, 1.54) is 12.1 Å². The number of halogens is 1. The highest BCUT2D eigenvalue weighted by molar-refractivity contribution is 5.96. The number of benzene rings is 3. The van der Waals surface area contributed by atoms with Crippen molar-refractivity contribution in [2.24, 2.45) is 5.73 Å². The second-order valence-corrected chi connectivity index (χ2v) is 10.9. The Morgan fingerprint density at radius 3 is 2.50 bits per heavy atom. The van der Waals surface area contributed by atoms with Crippen LogP contribution in [0.2, 0.25) is 0 Å². The molecule has 3 aromatic carbocycles. The first-order valence-corrected chi connectivity index (χ1v) is 13.5. The minimum absolute atomic E-state index is 0.230. The zero-order valence-electron chi connectivity index (χ0n) is 22.7. The molecule has 1 aliphatic carbocycles. The van der Waals surface area contributed by atoms with E-state index in [1.807, 2.05) is 50.2 Å². The van der Waals surface area contributed by atoms with Crippen LogP contribution in [0.15, 0.2) is 77.2 Å². The van der Waals surface area contributed by atoms with Gasteiger partial charge in [-0.3, -0.25) is 4.79 Å². The maximum Gasteiger partial charge on any atom is 0.251 e. The molecule has 7 nitrogen and oxygen atoms in total. The maximum absolute atomic E-state index is 13.5.